The molecule has 0 aromatic rings. The van der Waals surface area contributed by atoms with Crippen molar-refractivity contribution >= 4 is 10.0 Å². The second-order valence-corrected chi connectivity index (χ2v) is 6.07. The van der Waals surface area contributed by atoms with E-state index in [0.717, 1.165) is 0 Å². The summed E-state index contributed by atoms with van der Waals surface area (Å²) < 4.78 is 28.5. The van der Waals surface area contributed by atoms with Crippen LogP contribution in [0.2, 0.25) is 0 Å². The molecule has 1 heterocycles. The minimum Gasteiger partial charge on any atom is -0.381 e. The van der Waals surface area contributed by atoms with Gasteiger partial charge in [-0.25, -0.2) is 8.42 Å². The third-order valence-corrected chi connectivity index (χ3v) is 3.90. The molecule has 1 N–H and O–H groups in total. The Labute approximate surface area is 91.1 Å². The fourth-order valence-corrected chi connectivity index (χ4v) is 2.52. The lowest BCUT2D eigenvalue weighted by Crippen LogP contribution is -2.38. The number of hydrogen-bond donors (Lipinski definition) is 1. The largest absolute Gasteiger partial charge is 0.381 e. The molecule has 0 amide bonds. The summed E-state index contributed by atoms with van der Waals surface area (Å²) in [5.74, 6) is 0.308. The molecule has 0 aromatic heterocycles. The number of sulfonamides is 1. The standard InChI is InChI=1S/C9H19NO4S/c1-8(2)7-14-10-15(11,12)9-3-5-13-6-4-9/h8-10H,3-7H2,1-2H3. The summed E-state index contributed by atoms with van der Waals surface area (Å²) in [6.45, 7) is 5.33. The van der Waals surface area contributed by atoms with Crippen LogP contribution in [0.3, 0.4) is 0 Å². The maximum absolute atomic E-state index is 11.7. The minimum absolute atomic E-state index is 0.308. The van der Waals surface area contributed by atoms with Crippen LogP contribution in [0.15, 0.2) is 0 Å². The van der Waals surface area contributed by atoms with Gasteiger partial charge in [-0.1, -0.05) is 18.7 Å². The Morgan fingerprint density at radius 3 is 2.53 bits per heavy atom. The van der Waals surface area contributed by atoms with Gasteiger partial charge in [0.25, 0.3) is 0 Å². The zero-order valence-corrected chi connectivity index (χ0v) is 10.0. The van der Waals surface area contributed by atoms with Gasteiger partial charge in [0, 0.05) is 13.2 Å². The van der Waals surface area contributed by atoms with E-state index in [4.69, 9.17) is 9.57 Å². The third-order valence-electron chi connectivity index (χ3n) is 2.20. The van der Waals surface area contributed by atoms with Crippen molar-refractivity contribution in [2.45, 2.75) is 31.9 Å². The second-order valence-electron chi connectivity index (χ2n) is 4.14. The highest BCUT2D eigenvalue weighted by molar-refractivity contribution is 7.89. The summed E-state index contributed by atoms with van der Waals surface area (Å²) in [5, 5.41) is -0.376. The van der Waals surface area contributed by atoms with Gasteiger partial charge < -0.3 is 4.74 Å². The van der Waals surface area contributed by atoms with E-state index in [9.17, 15) is 8.42 Å². The van der Waals surface area contributed by atoms with Crippen molar-refractivity contribution in [3.63, 3.8) is 0 Å². The molecule has 0 aliphatic carbocycles. The van der Waals surface area contributed by atoms with Crippen molar-refractivity contribution in [3.05, 3.63) is 0 Å². The quantitative estimate of drug-likeness (QED) is 0.714. The topological polar surface area (TPSA) is 64.6 Å². The molecular formula is C9H19NO4S. The molecule has 0 aromatic carbocycles. The number of hydrogen-bond acceptors (Lipinski definition) is 4. The summed E-state index contributed by atoms with van der Waals surface area (Å²) >= 11 is 0. The van der Waals surface area contributed by atoms with E-state index in [-0.39, 0.29) is 5.25 Å². The van der Waals surface area contributed by atoms with Crippen LogP contribution in [0.1, 0.15) is 26.7 Å². The van der Waals surface area contributed by atoms with Gasteiger partial charge in [0.1, 0.15) is 0 Å². The van der Waals surface area contributed by atoms with E-state index in [1.807, 2.05) is 13.8 Å². The first kappa shape index (κ1) is 12.9. The van der Waals surface area contributed by atoms with Crippen LogP contribution in [0, 0.1) is 5.92 Å². The highest BCUT2D eigenvalue weighted by Gasteiger charge is 2.27. The van der Waals surface area contributed by atoms with Crippen LogP contribution < -0.4 is 4.89 Å². The molecular weight excluding hydrogens is 218 g/mol. The fourth-order valence-electron chi connectivity index (χ4n) is 1.34. The normalized spacial score (nSPS) is 19.7. The molecule has 1 saturated heterocycles. The van der Waals surface area contributed by atoms with E-state index in [1.165, 1.54) is 0 Å². The van der Waals surface area contributed by atoms with Crippen LogP contribution >= 0.6 is 0 Å². The molecule has 1 aliphatic rings. The third kappa shape index (κ3) is 4.46. The maximum atomic E-state index is 11.7. The molecule has 1 rings (SSSR count). The molecule has 0 radical (unpaired) electrons. The summed E-state index contributed by atoms with van der Waals surface area (Å²) in [5.41, 5.74) is 0. The number of ether oxygens (including phenoxy) is 1. The minimum atomic E-state index is -3.33. The first-order valence-corrected chi connectivity index (χ1v) is 6.77. The van der Waals surface area contributed by atoms with Gasteiger partial charge in [0.05, 0.1) is 11.9 Å². The molecule has 0 bridgehead atoms. The van der Waals surface area contributed by atoms with Crippen molar-refractivity contribution in [2.75, 3.05) is 19.8 Å². The molecule has 5 nitrogen and oxygen atoms in total. The lowest BCUT2D eigenvalue weighted by molar-refractivity contribution is 0.0664. The summed E-state index contributed by atoms with van der Waals surface area (Å²) in [4.78, 5) is 7.11. The van der Waals surface area contributed by atoms with E-state index in [2.05, 4.69) is 4.89 Å². The maximum Gasteiger partial charge on any atom is 0.236 e. The monoisotopic (exact) mass is 237 g/mol. The molecule has 0 saturated carbocycles. The lowest BCUT2D eigenvalue weighted by Gasteiger charge is -2.22. The van der Waals surface area contributed by atoms with Gasteiger partial charge >= 0.3 is 0 Å². The van der Waals surface area contributed by atoms with Gasteiger partial charge in [0.2, 0.25) is 10.0 Å². The van der Waals surface area contributed by atoms with Crippen molar-refractivity contribution < 1.29 is 18.0 Å². The van der Waals surface area contributed by atoms with Crippen LogP contribution in [-0.4, -0.2) is 33.5 Å². The van der Waals surface area contributed by atoms with Crippen molar-refractivity contribution in [1.82, 2.24) is 4.89 Å². The Kier molecular flexibility index (Phi) is 4.98. The number of nitrogens with one attached hydrogen (secondary N) is 1. The predicted molar refractivity (Wildman–Crippen MR) is 56.7 cm³/mol. The fraction of sp³-hybridized carbons (Fsp3) is 1.00. The average Bonchev–Trinajstić information content (AvgIpc) is 2.18. The molecule has 6 heteroatoms. The van der Waals surface area contributed by atoms with Crippen LogP contribution in [-0.2, 0) is 19.6 Å². The van der Waals surface area contributed by atoms with E-state index < -0.39 is 10.0 Å². The van der Waals surface area contributed by atoms with Gasteiger partial charge in [0.15, 0.2) is 0 Å². The molecule has 1 fully saturated rings. The Balaban J connectivity index is 2.36. The summed E-state index contributed by atoms with van der Waals surface area (Å²) in [7, 11) is -3.33. The van der Waals surface area contributed by atoms with E-state index in [0.29, 0.717) is 38.6 Å². The highest BCUT2D eigenvalue weighted by Crippen LogP contribution is 2.14. The van der Waals surface area contributed by atoms with Crippen LogP contribution in [0.4, 0.5) is 0 Å². The average molecular weight is 237 g/mol. The van der Waals surface area contributed by atoms with Crippen LogP contribution in [0.5, 0.6) is 0 Å². The molecule has 0 atom stereocenters. The first-order valence-electron chi connectivity index (χ1n) is 5.22. The van der Waals surface area contributed by atoms with Gasteiger partial charge in [-0.3, -0.25) is 4.84 Å². The molecule has 0 unspecified atom stereocenters. The molecule has 90 valence electrons. The van der Waals surface area contributed by atoms with Crippen molar-refractivity contribution in [1.29, 1.82) is 0 Å². The van der Waals surface area contributed by atoms with Gasteiger partial charge in [-0.2, -0.15) is 0 Å². The summed E-state index contributed by atoms with van der Waals surface area (Å²) in [6, 6.07) is 0. The Morgan fingerprint density at radius 2 is 2.00 bits per heavy atom. The van der Waals surface area contributed by atoms with Crippen molar-refractivity contribution in [3.8, 4) is 0 Å². The SMILES string of the molecule is CC(C)CONS(=O)(=O)C1CCOCC1. The van der Waals surface area contributed by atoms with Crippen molar-refractivity contribution in [2.24, 2.45) is 5.92 Å². The zero-order chi connectivity index (χ0) is 11.3. The molecule has 0 spiro atoms. The Bertz CT molecular complexity index is 270. The predicted octanol–water partition coefficient (Wildman–Crippen LogP) is 0.672. The first-order chi connectivity index (χ1) is 7.02. The zero-order valence-electron chi connectivity index (χ0n) is 9.23. The van der Waals surface area contributed by atoms with E-state index >= 15 is 0 Å². The van der Waals surface area contributed by atoms with Gasteiger partial charge in [-0.05, 0) is 18.8 Å². The number of rotatable bonds is 5. The van der Waals surface area contributed by atoms with E-state index in [1.54, 1.807) is 0 Å². The Hall–Kier alpha value is -0.170. The molecule has 1 aliphatic heterocycles. The van der Waals surface area contributed by atoms with Crippen LogP contribution in [0.25, 0.3) is 0 Å². The smallest absolute Gasteiger partial charge is 0.236 e. The second kappa shape index (κ2) is 5.79. The Morgan fingerprint density at radius 1 is 1.40 bits per heavy atom. The molecule has 15 heavy (non-hydrogen) atoms. The highest BCUT2D eigenvalue weighted by atomic mass is 32.2. The van der Waals surface area contributed by atoms with Gasteiger partial charge in [-0.15, -0.1) is 0 Å². The summed E-state index contributed by atoms with van der Waals surface area (Å²) in [6.07, 6.45) is 1.08. The lowest BCUT2D eigenvalue weighted by atomic mass is 10.2.